The lowest BCUT2D eigenvalue weighted by atomic mass is 9.93. The SMILES string of the molecule is CCCCCC(=O)Oc1ccc(C(NC)C(=O)C(NC)c2ccc(OC(=O)CCCCC)c(OC(=O)CCCCC)c2)cc1OC(=O)CCCCC. The first-order valence-corrected chi connectivity index (χ1v) is 19.1. The fourth-order valence-corrected chi connectivity index (χ4v) is 5.62. The molecule has 0 heterocycles. The van der Waals surface area contributed by atoms with E-state index in [1.165, 1.54) is 12.1 Å². The van der Waals surface area contributed by atoms with Gasteiger partial charge in [0.2, 0.25) is 0 Å². The predicted octanol–water partition coefficient (Wildman–Crippen LogP) is 8.42. The van der Waals surface area contributed by atoms with Crippen LogP contribution in [0.5, 0.6) is 23.0 Å². The van der Waals surface area contributed by atoms with Crippen molar-refractivity contribution in [3.8, 4) is 23.0 Å². The Morgan fingerprint density at radius 1 is 0.462 bits per heavy atom. The summed E-state index contributed by atoms with van der Waals surface area (Å²) in [4.78, 5) is 65.0. The van der Waals surface area contributed by atoms with Crippen molar-refractivity contribution in [1.82, 2.24) is 10.6 Å². The first-order valence-electron chi connectivity index (χ1n) is 19.1. The van der Waals surface area contributed by atoms with Gasteiger partial charge in [-0.2, -0.15) is 0 Å². The van der Waals surface area contributed by atoms with E-state index in [2.05, 4.69) is 10.6 Å². The fourth-order valence-electron chi connectivity index (χ4n) is 5.62. The highest BCUT2D eigenvalue weighted by molar-refractivity contribution is 5.91. The second kappa shape index (κ2) is 25.0. The molecule has 2 N–H and O–H groups in total. The molecular formula is C41H60N2O9. The third-order valence-electron chi connectivity index (χ3n) is 8.58. The van der Waals surface area contributed by atoms with Gasteiger partial charge in [-0.25, -0.2) is 0 Å². The van der Waals surface area contributed by atoms with Crippen LogP contribution >= 0.6 is 0 Å². The lowest BCUT2D eigenvalue weighted by Gasteiger charge is -2.24. The second-order valence-corrected chi connectivity index (χ2v) is 13.0. The van der Waals surface area contributed by atoms with Gasteiger partial charge in [0.15, 0.2) is 28.8 Å². The summed E-state index contributed by atoms with van der Waals surface area (Å²) >= 11 is 0. The molecule has 2 atom stereocenters. The molecule has 11 heteroatoms. The van der Waals surface area contributed by atoms with Crippen molar-refractivity contribution in [3.05, 3.63) is 47.5 Å². The molecule has 0 fully saturated rings. The topological polar surface area (TPSA) is 146 Å². The summed E-state index contributed by atoms with van der Waals surface area (Å²) in [5, 5.41) is 6.13. The zero-order valence-electron chi connectivity index (χ0n) is 32.1. The molecule has 0 saturated heterocycles. The number of esters is 4. The van der Waals surface area contributed by atoms with E-state index >= 15 is 0 Å². The molecule has 2 aromatic rings. The summed E-state index contributed by atoms with van der Waals surface area (Å²) in [6.45, 7) is 8.17. The number of ketones is 1. The minimum absolute atomic E-state index is 0.0549. The first-order chi connectivity index (χ1) is 25.1. The van der Waals surface area contributed by atoms with Gasteiger partial charge in [-0.15, -0.1) is 0 Å². The van der Waals surface area contributed by atoms with E-state index in [0.29, 0.717) is 36.8 Å². The van der Waals surface area contributed by atoms with Gasteiger partial charge < -0.3 is 29.6 Å². The maximum atomic E-state index is 14.2. The molecule has 288 valence electrons. The van der Waals surface area contributed by atoms with Gasteiger partial charge in [-0.3, -0.25) is 24.0 Å². The van der Waals surface area contributed by atoms with E-state index in [4.69, 9.17) is 18.9 Å². The molecule has 52 heavy (non-hydrogen) atoms. The smallest absolute Gasteiger partial charge is 0.311 e. The highest BCUT2D eigenvalue weighted by atomic mass is 16.6. The van der Waals surface area contributed by atoms with Gasteiger partial charge in [0, 0.05) is 25.7 Å². The Labute approximate surface area is 309 Å². The first kappa shape index (κ1) is 44.1. The van der Waals surface area contributed by atoms with Crippen molar-refractivity contribution >= 4 is 29.7 Å². The number of carbonyl (C=O) groups is 5. The van der Waals surface area contributed by atoms with Crippen LogP contribution in [0, 0.1) is 0 Å². The van der Waals surface area contributed by atoms with Crippen molar-refractivity contribution < 1.29 is 42.9 Å². The maximum Gasteiger partial charge on any atom is 0.311 e. The zero-order valence-corrected chi connectivity index (χ0v) is 32.1. The molecule has 0 spiro atoms. The molecule has 0 amide bonds. The van der Waals surface area contributed by atoms with Gasteiger partial charge in [-0.1, -0.05) is 91.2 Å². The van der Waals surface area contributed by atoms with Gasteiger partial charge in [-0.05, 0) is 75.2 Å². The van der Waals surface area contributed by atoms with Crippen LogP contribution in [0.15, 0.2) is 36.4 Å². The molecule has 0 aliphatic heterocycles. The summed E-state index contributed by atoms with van der Waals surface area (Å²) in [6.07, 6.45) is 10.9. The molecule has 11 nitrogen and oxygen atoms in total. The summed E-state index contributed by atoms with van der Waals surface area (Å²) in [6, 6.07) is 7.69. The van der Waals surface area contributed by atoms with Crippen LogP contribution in [0.2, 0.25) is 0 Å². The van der Waals surface area contributed by atoms with Crippen LogP contribution in [-0.4, -0.2) is 43.8 Å². The van der Waals surface area contributed by atoms with Gasteiger partial charge in [0.25, 0.3) is 0 Å². The number of ether oxygens (including phenoxy) is 4. The molecule has 2 unspecified atom stereocenters. The van der Waals surface area contributed by atoms with E-state index < -0.39 is 36.0 Å². The van der Waals surface area contributed by atoms with Crippen LogP contribution in [0.1, 0.15) is 154 Å². The van der Waals surface area contributed by atoms with Crippen molar-refractivity contribution in [1.29, 1.82) is 0 Å². The van der Waals surface area contributed by atoms with E-state index in [9.17, 15) is 24.0 Å². The van der Waals surface area contributed by atoms with E-state index in [1.54, 1.807) is 38.4 Å². The molecule has 0 aromatic heterocycles. The third-order valence-corrected chi connectivity index (χ3v) is 8.58. The Hall–Kier alpha value is -4.09. The van der Waals surface area contributed by atoms with E-state index in [0.717, 1.165) is 51.4 Å². The highest BCUT2D eigenvalue weighted by Crippen LogP contribution is 2.36. The standard InChI is InChI=1S/C41H60N2O9/c1-7-11-15-19-35(44)49-31-25-23-29(27-33(31)51-37(46)21-17-13-9-3)39(42-5)41(48)40(43-6)30-24-26-32(50-36(45)20-16-12-8-2)34(28-30)52-38(47)22-18-14-10-4/h23-28,39-40,42-43H,7-22H2,1-6H3. The van der Waals surface area contributed by atoms with Crippen LogP contribution < -0.4 is 29.6 Å². The van der Waals surface area contributed by atoms with E-state index in [-0.39, 0.29) is 54.5 Å². The predicted molar refractivity (Wildman–Crippen MR) is 201 cm³/mol. The van der Waals surface area contributed by atoms with Crippen LogP contribution in [0.25, 0.3) is 0 Å². The summed E-state index contributed by atoms with van der Waals surface area (Å²) < 4.78 is 22.6. The monoisotopic (exact) mass is 724 g/mol. The number of Topliss-reactive ketones (excluding diaryl/α,β-unsaturated/α-hetero) is 1. The Morgan fingerprint density at radius 3 is 1.02 bits per heavy atom. The number of benzene rings is 2. The van der Waals surface area contributed by atoms with Crippen molar-refractivity contribution in [3.63, 3.8) is 0 Å². The third kappa shape index (κ3) is 15.3. The van der Waals surface area contributed by atoms with Crippen molar-refractivity contribution in [2.75, 3.05) is 14.1 Å². The normalized spacial score (nSPS) is 12.1. The molecule has 0 saturated carbocycles. The Bertz CT molecular complexity index is 1340. The second-order valence-electron chi connectivity index (χ2n) is 13.0. The zero-order chi connectivity index (χ0) is 38.3. The molecule has 0 radical (unpaired) electrons. The number of rotatable bonds is 26. The van der Waals surface area contributed by atoms with E-state index in [1.807, 2.05) is 27.7 Å². The lowest BCUT2D eigenvalue weighted by Crippen LogP contribution is -2.35. The molecule has 0 aliphatic carbocycles. The van der Waals surface area contributed by atoms with Crippen molar-refractivity contribution in [2.24, 2.45) is 0 Å². The van der Waals surface area contributed by atoms with Crippen LogP contribution in [0.4, 0.5) is 0 Å². The number of nitrogens with one attached hydrogen (secondary N) is 2. The average molecular weight is 725 g/mol. The number of hydrogen-bond donors (Lipinski definition) is 2. The van der Waals surface area contributed by atoms with Crippen LogP contribution in [0.3, 0.4) is 0 Å². The number of unbranched alkanes of at least 4 members (excludes halogenated alkanes) is 8. The van der Waals surface area contributed by atoms with Crippen molar-refractivity contribution in [2.45, 2.75) is 143 Å². The molecule has 0 aliphatic rings. The Kier molecular flexibility index (Phi) is 21.2. The van der Waals surface area contributed by atoms with Gasteiger partial charge in [0.1, 0.15) is 0 Å². The highest BCUT2D eigenvalue weighted by Gasteiger charge is 2.30. The number of likely N-dealkylation sites (N-methyl/N-ethyl adjacent to an activating group) is 2. The fraction of sp³-hybridized carbons (Fsp3) is 0.585. The lowest BCUT2D eigenvalue weighted by molar-refractivity contribution is -0.137. The van der Waals surface area contributed by atoms with Gasteiger partial charge >= 0.3 is 23.9 Å². The largest absolute Gasteiger partial charge is 0.423 e. The average Bonchev–Trinajstić information content (AvgIpc) is 3.11. The minimum Gasteiger partial charge on any atom is -0.423 e. The molecule has 2 aromatic carbocycles. The summed E-state index contributed by atoms with van der Waals surface area (Å²) in [5.41, 5.74) is 0.963. The Morgan fingerprint density at radius 2 is 0.750 bits per heavy atom. The molecule has 2 rings (SSSR count). The summed E-state index contributed by atoms with van der Waals surface area (Å²) in [7, 11) is 3.27. The molecular weight excluding hydrogens is 664 g/mol. The maximum absolute atomic E-state index is 14.2. The Balaban J connectivity index is 2.45. The number of carbonyl (C=O) groups excluding carboxylic acids is 5. The van der Waals surface area contributed by atoms with Crippen LogP contribution in [-0.2, 0) is 24.0 Å². The summed E-state index contributed by atoms with van der Waals surface area (Å²) in [5.74, 6) is -1.76. The van der Waals surface area contributed by atoms with Gasteiger partial charge in [0.05, 0.1) is 12.1 Å². The number of hydrogen-bond acceptors (Lipinski definition) is 11. The molecule has 0 bridgehead atoms. The minimum atomic E-state index is -0.889. The quantitative estimate of drug-likeness (QED) is 0.0548.